The van der Waals surface area contributed by atoms with E-state index in [1.165, 1.54) is 12.8 Å². The highest BCUT2D eigenvalue weighted by molar-refractivity contribution is 5.88. The minimum Gasteiger partial charge on any atom is -0.300 e. The summed E-state index contributed by atoms with van der Waals surface area (Å²) in [5.41, 5.74) is 0.365. The number of Topliss-reactive ketones (excluding diaryl/α,β-unsaturated/α-hetero) is 2. The summed E-state index contributed by atoms with van der Waals surface area (Å²) in [5, 5.41) is 9.23. The van der Waals surface area contributed by atoms with Crippen LogP contribution in [-0.4, -0.2) is 11.6 Å². The molecule has 3 nitrogen and oxygen atoms in total. The summed E-state index contributed by atoms with van der Waals surface area (Å²) < 4.78 is 0. The van der Waals surface area contributed by atoms with Crippen LogP contribution < -0.4 is 0 Å². The standard InChI is InChI=1S/C25H37NO2/c1-5-17-21-14-16(27)8-11-25(21,4)20-9-12-24(3)18(15(2)10-13-26)6-7-19(24)22(20)23(17)28/h15,17-22H,5-12,14H2,1-4H3/t15-,17+,18?,19?,20?,21+,22?,24?,25-/m1/s1. The molecule has 0 amide bonds. The average Bonchev–Trinajstić information content (AvgIpc) is 3.01. The van der Waals surface area contributed by atoms with E-state index in [9.17, 15) is 14.9 Å². The number of hydrogen-bond acceptors (Lipinski definition) is 3. The third-order valence-electron chi connectivity index (χ3n) is 10.1. The van der Waals surface area contributed by atoms with Crippen LogP contribution in [-0.2, 0) is 9.59 Å². The van der Waals surface area contributed by atoms with Gasteiger partial charge in [0.2, 0.25) is 0 Å². The third kappa shape index (κ3) is 2.66. The Morgan fingerprint density at radius 3 is 2.46 bits per heavy atom. The van der Waals surface area contributed by atoms with Crippen molar-refractivity contribution in [3.05, 3.63) is 0 Å². The van der Waals surface area contributed by atoms with Crippen molar-refractivity contribution in [2.24, 2.45) is 52.3 Å². The molecule has 4 rings (SSSR count). The van der Waals surface area contributed by atoms with E-state index in [1.807, 2.05) is 0 Å². The van der Waals surface area contributed by atoms with E-state index in [2.05, 4.69) is 33.8 Å². The van der Waals surface area contributed by atoms with Crippen molar-refractivity contribution in [2.75, 3.05) is 0 Å². The molecule has 154 valence electrons. The van der Waals surface area contributed by atoms with Crippen molar-refractivity contribution >= 4 is 11.6 Å². The molecule has 4 saturated carbocycles. The fraction of sp³-hybridized carbons (Fsp3) is 0.880. The molecule has 4 fully saturated rings. The Hall–Kier alpha value is -1.17. The van der Waals surface area contributed by atoms with Gasteiger partial charge in [0.15, 0.2) is 0 Å². The smallest absolute Gasteiger partial charge is 0.139 e. The number of fused-ring (bicyclic) bond motifs is 5. The molecule has 0 N–H and O–H groups in total. The zero-order valence-corrected chi connectivity index (χ0v) is 18.2. The molecule has 9 atom stereocenters. The van der Waals surface area contributed by atoms with Gasteiger partial charge in [0.25, 0.3) is 0 Å². The largest absolute Gasteiger partial charge is 0.300 e. The molecule has 4 aliphatic carbocycles. The van der Waals surface area contributed by atoms with E-state index in [1.54, 1.807) is 0 Å². The molecule has 4 aliphatic rings. The Morgan fingerprint density at radius 1 is 1.07 bits per heavy atom. The first-order valence-electron chi connectivity index (χ1n) is 11.7. The van der Waals surface area contributed by atoms with Gasteiger partial charge in [-0.3, -0.25) is 9.59 Å². The SMILES string of the molecule is CC[C@@H]1C(=O)C2C3CCC([C@H](C)CC#N)C3(C)CCC2[C@@]2(C)CCC(=O)C[C@@H]12. The van der Waals surface area contributed by atoms with Crippen molar-refractivity contribution in [2.45, 2.75) is 85.5 Å². The van der Waals surface area contributed by atoms with Gasteiger partial charge in [0.05, 0.1) is 6.07 Å². The lowest BCUT2D eigenvalue weighted by molar-refractivity contribution is -0.169. The van der Waals surface area contributed by atoms with E-state index in [4.69, 9.17) is 0 Å². The van der Waals surface area contributed by atoms with Gasteiger partial charge in [-0.15, -0.1) is 0 Å². The molecule has 0 bridgehead atoms. The lowest BCUT2D eigenvalue weighted by Crippen LogP contribution is -2.60. The van der Waals surface area contributed by atoms with Gasteiger partial charge in [-0.05, 0) is 78.9 Å². The lowest BCUT2D eigenvalue weighted by Gasteiger charge is -2.61. The van der Waals surface area contributed by atoms with Crippen LogP contribution in [0.1, 0.15) is 85.5 Å². The predicted octanol–water partition coefficient (Wildman–Crippen LogP) is 5.58. The Bertz CT molecular complexity index is 708. The first-order chi connectivity index (χ1) is 13.3. The predicted molar refractivity (Wildman–Crippen MR) is 109 cm³/mol. The van der Waals surface area contributed by atoms with Gasteiger partial charge < -0.3 is 0 Å². The maximum absolute atomic E-state index is 13.8. The number of nitriles is 1. The van der Waals surface area contributed by atoms with Crippen LogP contribution in [0.5, 0.6) is 0 Å². The van der Waals surface area contributed by atoms with Crippen molar-refractivity contribution in [3.8, 4) is 6.07 Å². The fourth-order valence-electron chi connectivity index (χ4n) is 8.71. The average molecular weight is 384 g/mol. The Balaban J connectivity index is 1.70. The Labute approximate surface area is 170 Å². The topological polar surface area (TPSA) is 57.9 Å². The summed E-state index contributed by atoms with van der Waals surface area (Å²) in [5.74, 6) is 3.35. The minimum atomic E-state index is 0.0773. The van der Waals surface area contributed by atoms with Gasteiger partial charge in [0, 0.05) is 31.1 Å². The molecule has 0 aliphatic heterocycles. The quantitative estimate of drug-likeness (QED) is 0.639. The number of nitrogens with zero attached hydrogens (tertiary/aromatic N) is 1. The molecule has 0 aromatic heterocycles. The summed E-state index contributed by atoms with van der Waals surface area (Å²) in [7, 11) is 0. The maximum atomic E-state index is 13.8. The van der Waals surface area contributed by atoms with Crippen molar-refractivity contribution in [3.63, 3.8) is 0 Å². The minimum absolute atomic E-state index is 0.0773. The van der Waals surface area contributed by atoms with Crippen molar-refractivity contribution in [1.29, 1.82) is 5.26 Å². The molecule has 0 saturated heterocycles. The van der Waals surface area contributed by atoms with E-state index in [0.717, 1.165) is 25.7 Å². The maximum Gasteiger partial charge on any atom is 0.139 e. The first-order valence-corrected chi connectivity index (χ1v) is 11.7. The molecular formula is C25H37NO2. The molecule has 0 radical (unpaired) electrons. The molecular weight excluding hydrogens is 346 g/mol. The molecule has 0 aromatic carbocycles. The van der Waals surface area contributed by atoms with Gasteiger partial charge in [0.1, 0.15) is 11.6 Å². The number of ketones is 2. The normalized spacial score (nSPS) is 49.0. The van der Waals surface area contributed by atoms with E-state index in [-0.39, 0.29) is 28.6 Å². The highest BCUT2D eigenvalue weighted by Crippen LogP contribution is 2.68. The summed E-state index contributed by atoms with van der Waals surface area (Å²) in [6, 6.07) is 2.39. The second-order valence-corrected chi connectivity index (χ2v) is 11.1. The van der Waals surface area contributed by atoms with E-state index < -0.39 is 0 Å². The molecule has 0 spiro atoms. The van der Waals surface area contributed by atoms with Gasteiger partial charge in [-0.2, -0.15) is 5.26 Å². The van der Waals surface area contributed by atoms with Crippen LogP contribution in [0, 0.1) is 63.6 Å². The second kappa shape index (κ2) is 6.96. The van der Waals surface area contributed by atoms with Crippen LogP contribution >= 0.6 is 0 Å². The summed E-state index contributed by atoms with van der Waals surface area (Å²) >= 11 is 0. The second-order valence-electron chi connectivity index (χ2n) is 11.1. The third-order valence-corrected chi connectivity index (χ3v) is 10.1. The van der Waals surface area contributed by atoms with E-state index in [0.29, 0.717) is 54.5 Å². The van der Waals surface area contributed by atoms with Crippen molar-refractivity contribution < 1.29 is 9.59 Å². The van der Waals surface area contributed by atoms with Crippen LogP contribution in [0.15, 0.2) is 0 Å². The molecule has 3 heteroatoms. The number of rotatable bonds is 3. The van der Waals surface area contributed by atoms with Crippen molar-refractivity contribution in [1.82, 2.24) is 0 Å². The Kier molecular flexibility index (Phi) is 5.00. The lowest BCUT2D eigenvalue weighted by atomic mass is 9.42. The van der Waals surface area contributed by atoms with Crippen LogP contribution in [0.25, 0.3) is 0 Å². The molecule has 28 heavy (non-hydrogen) atoms. The number of carbonyl (C=O) groups is 2. The zero-order chi connectivity index (χ0) is 20.3. The highest BCUT2D eigenvalue weighted by Gasteiger charge is 2.65. The molecule has 0 aromatic rings. The Morgan fingerprint density at radius 2 is 1.79 bits per heavy atom. The first kappa shape index (κ1) is 20.1. The summed E-state index contributed by atoms with van der Waals surface area (Å²) in [6.45, 7) is 9.25. The zero-order valence-electron chi connectivity index (χ0n) is 18.2. The highest BCUT2D eigenvalue weighted by atomic mass is 16.1. The summed E-state index contributed by atoms with van der Waals surface area (Å²) in [4.78, 5) is 26.1. The number of carbonyl (C=O) groups excluding carboxylic acids is 2. The van der Waals surface area contributed by atoms with Gasteiger partial charge in [-0.1, -0.05) is 27.7 Å². The van der Waals surface area contributed by atoms with Gasteiger partial charge >= 0.3 is 0 Å². The van der Waals surface area contributed by atoms with E-state index >= 15 is 0 Å². The van der Waals surface area contributed by atoms with Crippen LogP contribution in [0.4, 0.5) is 0 Å². The number of hydrogen-bond donors (Lipinski definition) is 0. The summed E-state index contributed by atoms with van der Waals surface area (Å²) in [6.07, 6.45) is 8.51. The molecule has 0 heterocycles. The van der Waals surface area contributed by atoms with Gasteiger partial charge in [-0.25, -0.2) is 0 Å². The molecule has 5 unspecified atom stereocenters. The van der Waals surface area contributed by atoms with Crippen LogP contribution in [0.2, 0.25) is 0 Å². The van der Waals surface area contributed by atoms with Crippen LogP contribution in [0.3, 0.4) is 0 Å². The monoisotopic (exact) mass is 383 g/mol. The fourth-order valence-corrected chi connectivity index (χ4v) is 8.71.